The summed E-state index contributed by atoms with van der Waals surface area (Å²) in [4.78, 5) is 31.4. The van der Waals surface area contributed by atoms with Gasteiger partial charge in [-0.15, -0.1) is 11.3 Å². The van der Waals surface area contributed by atoms with Crippen LogP contribution in [0.3, 0.4) is 0 Å². The largest absolute Gasteiger partial charge is 0.441 e. The third-order valence-electron chi connectivity index (χ3n) is 5.84. The molecule has 1 atom stereocenters. The summed E-state index contributed by atoms with van der Waals surface area (Å²) in [5.41, 5.74) is 2.63. The number of halogens is 1. The number of aromatic nitrogens is 1. The Bertz CT molecular complexity index is 867. The maximum absolute atomic E-state index is 12.8. The van der Waals surface area contributed by atoms with Crippen LogP contribution in [0.15, 0.2) is 41.2 Å². The standard InChI is InChI=1S/C21H24BrN3O3S/c1-21(2)18(14-6-4-3-5-7-14)24(20(27)28-21)15-8-10-16(11-9-15)25(22)19(26)17-12-29-13-23-17/h3-7,12-13,15-16,18H,8-11H2,1-2H3/t15?,16?,18-/m0/s1. The van der Waals surface area contributed by atoms with Crippen LogP contribution in [-0.4, -0.2) is 43.5 Å². The van der Waals surface area contributed by atoms with Crippen LogP contribution < -0.4 is 0 Å². The van der Waals surface area contributed by atoms with Gasteiger partial charge in [0.05, 0.1) is 27.7 Å². The second-order valence-corrected chi connectivity index (χ2v) is 9.63. The fourth-order valence-corrected chi connectivity index (χ4v) is 5.60. The molecule has 1 aliphatic carbocycles. The van der Waals surface area contributed by atoms with E-state index in [1.807, 2.05) is 36.9 Å². The van der Waals surface area contributed by atoms with E-state index in [0.717, 1.165) is 31.2 Å². The van der Waals surface area contributed by atoms with E-state index in [2.05, 4.69) is 33.3 Å². The molecule has 0 spiro atoms. The van der Waals surface area contributed by atoms with E-state index in [1.165, 1.54) is 11.3 Å². The first-order valence-corrected chi connectivity index (χ1v) is 11.5. The van der Waals surface area contributed by atoms with Gasteiger partial charge >= 0.3 is 6.09 Å². The number of hydrogen-bond acceptors (Lipinski definition) is 5. The van der Waals surface area contributed by atoms with Crippen molar-refractivity contribution in [2.45, 2.75) is 63.3 Å². The molecule has 1 saturated carbocycles. The number of amides is 2. The summed E-state index contributed by atoms with van der Waals surface area (Å²) in [6.07, 6.45) is 3.04. The highest BCUT2D eigenvalue weighted by Crippen LogP contribution is 2.45. The predicted octanol–water partition coefficient (Wildman–Crippen LogP) is 5.18. The molecule has 2 fully saturated rings. The van der Waals surface area contributed by atoms with Crippen molar-refractivity contribution < 1.29 is 14.3 Å². The SMILES string of the molecule is CC1(C)OC(=O)N(C2CCC(N(Br)C(=O)c3cscn3)CC2)[C@H]1c1ccccc1. The smallest absolute Gasteiger partial charge is 0.411 e. The highest BCUT2D eigenvalue weighted by molar-refractivity contribution is 9.07. The number of thiazole rings is 1. The number of cyclic esters (lactones) is 1. The fraction of sp³-hybridized carbons (Fsp3) is 0.476. The van der Waals surface area contributed by atoms with Crippen molar-refractivity contribution in [2.24, 2.45) is 0 Å². The van der Waals surface area contributed by atoms with Crippen molar-refractivity contribution in [2.75, 3.05) is 0 Å². The van der Waals surface area contributed by atoms with E-state index >= 15 is 0 Å². The summed E-state index contributed by atoms with van der Waals surface area (Å²) in [7, 11) is 0. The van der Waals surface area contributed by atoms with Gasteiger partial charge in [0.25, 0.3) is 5.91 Å². The number of benzene rings is 1. The Labute approximate surface area is 183 Å². The Morgan fingerprint density at radius 1 is 1.24 bits per heavy atom. The Morgan fingerprint density at radius 3 is 2.55 bits per heavy atom. The molecule has 0 radical (unpaired) electrons. The summed E-state index contributed by atoms with van der Waals surface area (Å²) < 4.78 is 7.37. The number of rotatable bonds is 4. The van der Waals surface area contributed by atoms with Crippen molar-refractivity contribution in [3.8, 4) is 0 Å². The van der Waals surface area contributed by atoms with Crippen LogP contribution in [0, 0.1) is 0 Å². The average molecular weight is 478 g/mol. The lowest BCUT2D eigenvalue weighted by Crippen LogP contribution is -2.45. The molecule has 1 aromatic heterocycles. The lowest BCUT2D eigenvalue weighted by Gasteiger charge is -2.39. The topological polar surface area (TPSA) is 62.7 Å². The maximum Gasteiger partial charge on any atom is 0.411 e. The van der Waals surface area contributed by atoms with Crippen molar-refractivity contribution in [3.63, 3.8) is 0 Å². The first-order valence-electron chi connectivity index (χ1n) is 9.82. The number of hydrogen-bond donors (Lipinski definition) is 0. The van der Waals surface area contributed by atoms with Crippen molar-refractivity contribution >= 4 is 39.5 Å². The van der Waals surface area contributed by atoms with Gasteiger partial charge in [0.15, 0.2) is 0 Å². The molecule has 2 heterocycles. The Kier molecular flexibility index (Phi) is 5.66. The van der Waals surface area contributed by atoms with Gasteiger partial charge in [-0.1, -0.05) is 30.3 Å². The molecule has 2 aliphatic rings. The van der Waals surface area contributed by atoms with Crippen molar-refractivity contribution in [3.05, 3.63) is 52.5 Å². The van der Waals surface area contributed by atoms with Crippen LogP contribution in [0.1, 0.15) is 61.6 Å². The molecule has 1 saturated heterocycles. The quantitative estimate of drug-likeness (QED) is 0.569. The van der Waals surface area contributed by atoms with E-state index in [1.54, 1.807) is 14.8 Å². The van der Waals surface area contributed by atoms with Crippen LogP contribution >= 0.6 is 27.5 Å². The molecule has 0 unspecified atom stereocenters. The van der Waals surface area contributed by atoms with Crippen molar-refractivity contribution in [1.82, 2.24) is 13.8 Å². The van der Waals surface area contributed by atoms with E-state index in [4.69, 9.17) is 4.74 Å². The lowest BCUT2D eigenvalue weighted by molar-refractivity contribution is 0.0659. The molecule has 2 amide bonds. The zero-order valence-corrected chi connectivity index (χ0v) is 18.9. The van der Waals surface area contributed by atoms with Gasteiger partial charge in [0.1, 0.15) is 11.3 Å². The van der Waals surface area contributed by atoms with E-state index in [9.17, 15) is 9.59 Å². The maximum atomic E-state index is 12.8. The summed E-state index contributed by atoms with van der Waals surface area (Å²) in [5, 5.41) is 1.76. The highest BCUT2D eigenvalue weighted by Gasteiger charge is 2.51. The molecule has 1 aliphatic heterocycles. The van der Waals surface area contributed by atoms with Gasteiger partial charge in [-0.05, 0) is 45.1 Å². The molecule has 4 rings (SSSR count). The van der Waals surface area contributed by atoms with E-state index < -0.39 is 5.60 Å². The van der Waals surface area contributed by atoms with Crippen LogP contribution in [0.4, 0.5) is 4.79 Å². The molecule has 8 heteroatoms. The second-order valence-electron chi connectivity index (χ2n) is 8.14. The molecule has 2 aromatic rings. The Hall–Kier alpha value is -1.93. The molecule has 6 nitrogen and oxygen atoms in total. The number of carbonyl (C=O) groups excluding carboxylic acids is 2. The molecule has 154 valence electrons. The van der Waals surface area contributed by atoms with Gasteiger partial charge in [-0.25, -0.2) is 9.78 Å². The molecule has 1 aromatic carbocycles. The minimum absolute atomic E-state index is 0.0854. The summed E-state index contributed by atoms with van der Waals surface area (Å²) in [5.74, 6) is -0.112. The van der Waals surface area contributed by atoms with Crippen LogP contribution in [0.25, 0.3) is 0 Å². The number of nitrogens with zero attached hydrogens (tertiary/aromatic N) is 3. The third-order valence-corrected chi connectivity index (χ3v) is 7.33. The summed E-state index contributed by atoms with van der Waals surface area (Å²) >= 11 is 4.86. The van der Waals surface area contributed by atoms with Crippen LogP contribution in [0.5, 0.6) is 0 Å². The molecule has 0 N–H and O–H groups in total. The van der Waals surface area contributed by atoms with Crippen LogP contribution in [-0.2, 0) is 4.74 Å². The summed E-state index contributed by atoms with van der Waals surface area (Å²) in [6.45, 7) is 3.95. The fourth-order valence-electron chi connectivity index (χ4n) is 4.49. The molecule has 0 bridgehead atoms. The average Bonchev–Trinajstić information content (AvgIpc) is 3.33. The van der Waals surface area contributed by atoms with E-state index in [0.29, 0.717) is 5.69 Å². The van der Waals surface area contributed by atoms with Crippen LogP contribution in [0.2, 0.25) is 0 Å². The number of carbonyl (C=O) groups is 2. The van der Waals surface area contributed by atoms with Crippen molar-refractivity contribution in [1.29, 1.82) is 0 Å². The molecular weight excluding hydrogens is 454 g/mol. The van der Waals surface area contributed by atoms with Gasteiger partial charge < -0.3 is 4.74 Å². The minimum atomic E-state index is -0.586. The summed E-state index contributed by atoms with van der Waals surface area (Å²) in [6, 6.07) is 10.1. The van der Waals surface area contributed by atoms with Gasteiger partial charge in [0.2, 0.25) is 0 Å². The second kappa shape index (κ2) is 8.07. The monoisotopic (exact) mass is 477 g/mol. The van der Waals surface area contributed by atoms with E-state index in [-0.39, 0.29) is 30.1 Å². The Morgan fingerprint density at radius 2 is 1.93 bits per heavy atom. The first-order chi connectivity index (χ1) is 13.9. The molecule has 29 heavy (non-hydrogen) atoms. The number of ether oxygens (including phenoxy) is 1. The van der Waals surface area contributed by atoms with Gasteiger partial charge in [0, 0.05) is 17.5 Å². The minimum Gasteiger partial charge on any atom is -0.441 e. The predicted molar refractivity (Wildman–Crippen MR) is 115 cm³/mol. The first kappa shape index (κ1) is 20.3. The third kappa shape index (κ3) is 3.92. The normalized spacial score (nSPS) is 26.2. The van der Waals surface area contributed by atoms with Gasteiger partial charge in [-0.2, -0.15) is 0 Å². The highest BCUT2D eigenvalue weighted by atomic mass is 79.9. The molecular formula is C21H24BrN3O3S. The van der Waals surface area contributed by atoms with Gasteiger partial charge in [-0.3, -0.25) is 13.6 Å². The zero-order chi connectivity index (χ0) is 20.6. The zero-order valence-electron chi connectivity index (χ0n) is 16.5. The lowest BCUT2D eigenvalue weighted by atomic mass is 9.86. The Balaban J connectivity index is 1.47.